The van der Waals surface area contributed by atoms with E-state index in [0.29, 0.717) is 13.1 Å². The van der Waals surface area contributed by atoms with Crippen molar-refractivity contribution in [3.05, 3.63) is 108 Å². The fraction of sp³-hybridized carbons (Fsp3) is 0.0833. The van der Waals surface area contributed by atoms with E-state index in [9.17, 15) is 4.79 Å². The first-order chi connectivity index (χ1) is 14.8. The van der Waals surface area contributed by atoms with E-state index in [0.717, 1.165) is 27.9 Å². The molecule has 0 spiro atoms. The Bertz CT molecular complexity index is 1120. The molecule has 0 aliphatic heterocycles. The molecule has 0 unspecified atom stereocenters. The van der Waals surface area contributed by atoms with Gasteiger partial charge in [0.05, 0.1) is 6.54 Å². The summed E-state index contributed by atoms with van der Waals surface area (Å²) < 4.78 is 1.88. The molecule has 4 aromatic rings. The van der Waals surface area contributed by atoms with E-state index >= 15 is 0 Å². The summed E-state index contributed by atoms with van der Waals surface area (Å²) in [5.74, 6) is -0.167. The van der Waals surface area contributed by atoms with Crippen molar-refractivity contribution in [3.8, 4) is 11.3 Å². The standard InChI is InChI=1S/C24H21N5O/c30-23(27-15-19-10-13-25-14-11-19)9-8-22-18-29(17-20-5-2-1-3-6-20)28-24(22)21-7-4-12-26-16-21/h1-14,16,18H,15,17H2,(H,27,30)/b9-8+. The summed E-state index contributed by atoms with van der Waals surface area (Å²) in [6, 6.07) is 17.7. The van der Waals surface area contributed by atoms with Gasteiger partial charge < -0.3 is 5.32 Å². The van der Waals surface area contributed by atoms with Crippen LogP contribution in [-0.4, -0.2) is 25.7 Å². The van der Waals surface area contributed by atoms with E-state index in [2.05, 4.69) is 27.4 Å². The Hall–Kier alpha value is -4.06. The predicted molar refractivity (Wildman–Crippen MR) is 116 cm³/mol. The van der Waals surface area contributed by atoms with Crippen molar-refractivity contribution >= 4 is 12.0 Å². The molecule has 148 valence electrons. The molecule has 0 radical (unpaired) electrons. The van der Waals surface area contributed by atoms with Gasteiger partial charge in [-0.15, -0.1) is 0 Å². The molecule has 3 aromatic heterocycles. The number of amides is 1. The minimum absolute atomic E-state index is 0.167. The number of pyridine rings is 2. The van der Waals surface area contributed by atoms with Crippen LogP contribution in [0.5, 0.6) is 0 Å². The molecule has 0 saturated carbocycles. The van der Waals surface area contributed by atoms with Gasteiger partial charge in [0.2, 0.25) is 5.91 Å². The van der Waals surface area contributed by atoms with Gasteiger partial charge in [0.25, 0.3) is 0 Å². The van der Waals surface area contributed by atoms with Crippen molar-refractivity contribution in [2.75, 3.05) is 0 Å². The van der Waals surface area contributed by atoms with Crippen LogP contribution in [0.15, 0.2) is 91.7 Å². The van der Waals surface area contributed by atoms with Gasteiger partial charge in [0.1, 0.15) is 5.69 Å². The zero-order valence-corrected chi connectivity index (χ0v) is 16.3. The molecule has 1 N–H and O–H groups in total. The van der Waals surface area contributed by atoms with Crippen molar-refractivity contribution in [3.63, 3.8) is 0 Å². The highest BCUT2D eigenvalue weighted by Crippen LogP contribution is 2.23. The fourth-order valence-electron chi connectivity index (χ4n) is 3.05. The molecule has 3 heterocycles. The third-order valence-corrected chi connectivity index (χ3v) is 4.54. The minimum Gasteiger partial charge on any atom is -0.348 e. The fourth-order valence-corrected chi connectivity index (χ4v) is 3.05. The summed E-state index contributed by atoms with van der Waals surface area (Å²) in [6.45, 7) is 1.10. The summed E-state index contributed by atoms with van der Waals surface area (Å²) in [6.07, 6.45) is 12.2. The number of carbonyl (C=O) groups excluding carboxylic acids is 1. The van der Waals surface area contributed by atoms with Crippen LogP contribution in [0.4, 0.5) is 0 Å². The number of hydrogen-bond acceptors (Lipinski definition) is 4. The van der Waals surface area contributed by atoms with Crippen LogP contribution in [0.3, 0.4) is 0 Å². The molecule has 1 amide bonds. The van der Waals surface area contributed by atoms with Crippen LogP contribution in [-0.2, 0) is 17.9 Å². The molecule has 1 aromatic carbocycles. The lowest BCUT2D eigenvalue weighted by molar-refractivity contribution is -0.116. The minimum atomic E-state index is -0.167. The average Bonchev–Trinajstić information content (AvgIpc) is 3.21. The molecule has 30 heavy (non-hydrogen) atoms. The van der Waals surface area contributed by atoms with E-state index < -0.39 is 0 Å². The number of hydrogen-bond donors (Lipinski definition) is 1. The Kier molecular flexibility index (Phi) is 6.05. The van der Waals surface area contributed by atoms with Gasteiger partial charge in [0, 0.05) is 54.7 Å². The number of nitrogens with zero attached hydrogens (tertiary/aromatic N) is 4. The van der Waals surface area contributed by atoms with Gasteiger partial charge in [-0.25, -0.2) is 0 Å². The normalized spacial score (nSPS) is 10.9. The quantitative estimate of drug-likeness (QED) is 0.484. The van der Waals surface area contributed by atoms with E-state index in [4.69, 9.17) is 5.10 Å². The SMILES string of the molecule is O=C(/C=C/c1cn(Cc2ccccc2)nc1-c1cccnc1)NCc1ccncc1. The Morgan fingerprint density at radius 1 is 0.933 bits per heavy atom. The highest BCUT2D eigenvalue weighted by atomic mass is 16.1. The summed E-state index contributed by atoms with van der Waals surface area (Å²) in [7, 11) is 0. The maximum atomic E-state index is 12.3. The second-order valence-corrected chi connectivity index (χ2v) is 6.76. The number of nitrogens with one attached hydrogen (secondary N) is 1. The van der Waals surface area contributed by atoms with Gasteiger partial charge in [0.15, 0.2) is 0 Å². The van der Waals surface area contributed by atoms with Crippen LogP contribution in [0.2, 0.25) is 0 Å². The maximum Gasteiger partial charge on any atom is 0.244 e. The summed E-state index contributed by atoms with van der Waals surface area (Å²) in [4.78, 5) is 20.5. The third-order valence-electron chi connectivity index (χ3n) is 4.54. The maximum absolute atomic E-state index is 12.3. The van der Waals surface area contributed by atoms with Gasteiger partial charge in [-0.3, -0.25) is 19.4 Å². The van der Waals surface area contributed by atoms with Crippen molar-refractivity contribution in [2.45, 2.75) is 13.1 Å². The van der Waals surface area contributed by atoms with Crippen molar-refractivity contribution < 1.29 is 4.79 Å². The first-order valence-corrected chi connectivity index (χ1v) is 9.64. The number of carbonyl (C=O) groups is 1. The van der Waals surface area contributed by atoms with Crippen molar-refractivity contribution in [1.29, 1.82) is 0 Å². The third kappa shape index (κ3) is 5.05. The predicted octanol–water partition coefficient (Wildman–Crippen LogP) is 3.72. The van der Waals surface area contributed by atoms with Gasteiger partial charge in [-0.05, 0) is 41.5 Å². The average molecular weight is 395 g/mol. The van der Waals surface area contributed by atoms with Crippen LogP contribution in [0.25, 0.3) is 17.3 Å². The first kappa shape index (κ1) is 19.3. The zero-order valence-electron chi connectivity index (χ0n) is 16.3. The summed E-state index contributed by atoms with van der Waals surface area (Å²) in [5.41, 5.74) is 4.71. The van der Waals surface area contributed by atoms with Crippen molar-refractivity contribution in [1.82, 2.24) is 25.1 Å². The van der Waals surface area contributed by atoms with Gasteiger partial charge >= 0.3 is 0 Å². The molecule has 6 nitrogen and oxygen atoms in total. The Morgan fingerprint density at radius 2 is 1.77 bits per heavy atom. The number of rotatable bonds is 7. The summed E-state index contributed by atoms with van der Waals surface area (Å²) >= 11 is 0. The monoisotopic (exact) mass is 395 g/mol. The zero-order chi connectivity index (χ0) is 20.6. The second kappa shape index (κ2) is 9.43. The molecule has 0 fully saturated rings. The highest BCUT2D eigenvalue weighted by Gasteiger charge is 2.10. The lowest BCUT2D eigenvalue weighted by atomic mass is 10.1. The number of aromatic nitrogens is 4. The van der Waals surface area contributed by atoms with Crippen LogP contribution in [0, 0.1) is 0 Å². The Labute approximate surface area is 174 Å². The Balaban J connectivity index is 1.53. The molecule has 4 rings (SSSR count). The molecule has 0 atom stereocenters. The van der Waals surface area contributed by atoms with E-state index in [1.165, 1.54) is 6.08 Å². The van der Waals surface area contributed by atoms with Gasteiger partial charge in [-0.2, -0.15) is 5.10 Å². The molecular weight excluding hydrogens is 374 g/mol. The van der Waals surface area contributed by atoms with Crippen molar-refractivity contribution in [2.24, 2.45) is 0 Å². The molecule has 6 heteroatoms. The number of benzene rings is 1. The molecule has 0 aliphatic rings. The summed E-state index contributed by atoms with van der Waals surface area (Å²) in [5, 5.41) is 7.62. The topological polar surface area (TPSA) is 72.7 Å². The molecule has 0 aliphatic carbocycles. The van der Waals surface area contributed by atoms with Crippen LogP contribution >= 0.6 is 0 Å². The highest BCUT2D eigenvalue weighted by molar-refractivity contribution is 5.92. The second-order valence-electron chi connectivity index (χ2n) is 6.76. The lowest BCUT2D eigenvalue weighted by Gasteiger charge is -2.01. The van der Waals surface area contributed by atoms with Crippen LogP contribution in [0.1, 0.15) is 16.7 Å². The van der Waals surface area contributed by atoms with Crippen LogP contribution < -0.4 is 5.32 Å². The van der Waals surface area contributed by atoms with E-state index in [1.54, 1.807) is 30.9 Å². The lowest BCUT2D eigenvalue weighted by Crippen LogP contribution is -2.20. The smallest absolute Gasteiger partial charge is 0.244 e. The van der Waals surface area contributed by atoms with E-state index in [1.807, 2.05) is 53.3 Å². The largest absolute Gasteiger partial charge is 0.348 e. The molecular formula is C24H21N5O. The van der Waals surface area contributed by atoms with Gasteiger partial charge in [-0.1, -0.05) is 30.3 Å². The molecule has 0 bridgehead atoms. The van der Waals surface area contributed by atoms with E-state index in [-0.39, 0.29) is 5.91 Å². The Morgan fingerprint density at radius 3 is 2.53 bits per heavy atom. The first-order valence-electron chi connectivity index (χ1n) is 9.64. The molecule has 0 saturated heterocycles.